The van der Waals surface area contributed by atoms with E-state index in [1.165, 1.54) is 0 Å². The van der Waals surface area contributed by atoms with Crippen LogP contribution < -0.4 is 0 Å². The number of aromatic nitrogens is 2. The average Bonchev–Trinajstić information content (AvgIpc) is 2.34. The third kappa shape index (κ3) is 2.03. The van der Waals surface area contributed by atoms with Crippen LogP contribution in [-0.2, 0) is 13.1 Å². The van der Waals surface area contributed by atoms with Crippen LogP contribution in [0.3, 0.4) is 0 Å². The maximum absolute atomic E-state index is 8.94. The van der Waals surface area contributed by atoms with Crippen LogP contribution in [0.4, 0.5) is 0 Å². The van der Waals surface area contributed by atoms with Gasteiger partial charge in [0.1, 0.15) is 0 Å². The molecule has 0 aromatic carbocycles. The first kappa shape index (κ1) is 8.23. The summed E-state index contributed by atoms with van der Waals surface area (Å²) in [6.07, 6.45) is 1.74. The summed E-state index contributed by atoms with van der Waals surface area (Å²) in [7, 11) is 1.62. The van der Waals surface area contributed by atoms with Crippen molar-refractivity contribution in [3.05, 3.63) is 18.0 Å². The Kier molecular flexibility index (Phi) is 2.62. The number of nitrogens with zero attached hydrogens (tertiary/aromatic N) is 3. The Labute approximate surface area is 66.0 Å². The second kappa shape index (κ2) is 3.50. The maximum atomic E-state index is 8.94. The molecule has 4 nitrogen and oxygen atoms in total. The summed E-state index contributed by atoms with van der Waals surface area (Å²) < 4.78 is 1.85. The molecule has 1 heterocycles. The van der Waals surface area contributed by atoms with E-state index in [-0.39, 0.29) is 0 Å². The molecule has 1 N–H and O–H groups in total. The van der Waals surface area contributed by atoms with Gasteiger partial charge in [-0.05, 0) is 13.0 Å². The minimum absolute atomic E-state index is 0.522. The molecule has 0 atom stereocenters. The van der Waals surface area contributed by atoms with Gasteiger partial charge in [-0.1, -0.05) is 0 Å². The molecule has 0 amide bonds. The van der Waals surface area contributed by atoms with Crippen molar-refractivity contribution < 1.29 is 5.21 Å². The Bertz CT molecular complexity index is 219. The lowest BCUT2D eigenvalue weighted by atomic mass is 10.4. The summed E-state index contributed by atoms with van der Waals surface area (Å²) in [5.41, 5.74) is 1.03. The monoisotopic (exact) mass is 155 g/mol. The minimum Gasteiger partial charge on any atom is -0.314 e. The first-order valence-electron chi connectivity index (χ1n) is 3.64. The topological polar surface area (TPSA) is 41.3 Å². The van der Waals surface area contributed by atoms with Crippen LogP contribution in [0.15, 0.2) is 12.3 Å². The van der Waals surface area contributed by atoms with Gasteiger partial charge in [-0.3, -0.25) is 4.68 Å². The molecule has 0 saturated heterocycles. The molecule has 0 bridgehead atoms. The Hall–Kier alpha value is -0.870. The highest BCUT2D eigenvalue weighted by molar-refractivity contribution is 4.99. The summed E-state index contributed by atoms with van der Waals surface area (Å²) in [5, 5.41) is 14.1. The Balaban J connectivity index is 2.68. The molecule has 11 heavy (non-hydrogen) atoms. The molecule has 0 aliphatic rings. The summed E-state index contributed by atoms with van der Waals surface area (Å²) >= 11 is 0. The van der Waals surface area contributed by atoms with Crippen LogP contribution in [-0.4, -0.2) is 27.1 Å². The lowest BCUT2D eigenvalue weighted by molar-refractivity contribution is -0.0749. The summed E-state index contributed by atoms with van der Waals surface area (Å²) in [4.78, 5) is 0. The fraction of sp³-hybridized carbons (Fsp3) is 0.571. The first-order valence-corrected chi connectivity index (χ1v) is 3.64. The van der Waals surface area contributed by atoms with E-state index in [0.717, 1.165) is 17.3 Å². The van der Waals surface area contributed by atoms with E-state index < -0.39 is 0 Å². The number of aryl methyl sites for hydroxylation is 1. The summed E-state index contributed by atoms with van der Waals surface area (Å²) in [5.74, 6) is 0. The summed E-state index contributed by atoms with van der Waals surface area (Å²) in [6, 6.07) is 1.90. The Morgan fingerprint density at radius 2 is 2.45 bits per heavy atom. The van der Waals surface area contributed by atoms with Crippen molar-refractivity contribution in [3.8, 4) is 0 Å². The molecule has 0 fully saturated rings. The lowest BCUT2D eigenvalue weighted by Gasteiger charge is -2.08. The van der Waals surface area contributed by atoms with Crippen LogP contribution in [0.1, 0.15) is 12.6 Å². The van der Waals surface area contributed by atoms with Gasteiger partial charge in [0.2, 0.25) is 0 Å². The third-order valence-electron chi connectivity index (χ3n) is 1.49. The minimum atomic E-state index is 0.522. The predicted octanol–water partition coefficient (Wildman–Crippen LogP) is 0.724. The van der Waals surface area contributed by atoms with Crippen molar-refractivity contribution in [1.29, 1.82) is 0 Å². The van der Waals surface area contributed by atoms with Gasteiger partial charge in [0.15, 0.2) is 0 Å². The van der Waals surface area contributed by atoms with Crippen molar-refractivity contribution >= 4 is 0 Å². The first-order chi connectivity index (χ1) is 5.24. The molecule has 0 aliphatic heterocycles. The number of hydroxylamine groups is 2. The lowest BCUT2D eigenvalue weighted by Crippen LogP contribution is -2.15. The molecule has 0 saturated carbocycles. The van der Waals surface area contributed by atoms with Crippen LogP contribution >= 0.6 is 0 Å². The van der Waals surface area contributed by atoms with Crippen LogP contribution in [0, 0.1) is 0 Å². The van der Waals surface area contributed by atoms with E-state index in [9.17, 15) is 0 Å². The quantitative estimate of drug-likeness (QED) is 0.654. The van der Waals surface area contributed by atoms with E-state index in [0.29, 0.717) is 6.54 Å². The van der Waals surface area contributed by atoms with Gasteiger partial charge in [0, 0.05) is 19.8 Å². The zero-order valence-electron chi connectivity index (χ0n) is 6.86. The van der Waals surface area contributed by atoms with Crippen molar-refractivity contribution in [3.63, 3.8) is 0 Å². The van der Waals surface area contributed by atoms with Gasteiger partial charge in [0.05, 0.1) is 12.2 Å². The standard InChI is InChI=1S/C7H13N3O/c1-3-10-7(4-5-8-10)6-9(2)11/h4-5,11H,3,6H2,1-2H3. The second-order valence-electron chi connectivity index (χ2n) is 2.45. The number of hydrogen-bond donors (Lipinski definition) is 1. The van der Waals surface area contributed by atoms with Crippen molar-refractivity contribution in [1.82, 2.24) is 14.8 Å². The van der Waals surface area contributed by atoms with E-state index in [4.69, 9.17) is 5.21 Å². The smallest absolute Gasteiger partial charge is 0.0655 e. The average molecular weight is 155 g/mol. The largest absolute Gasteiger partial charge is 0.314 e. The fourth-order valence-electron chi connectivity index (χ4n) is 1.01. The van der Waals surface area contributed by atoms with Gasteiger partial charge < -0.3 is 5.21 Å². The molecule has 0 spiro atoms. The van der Waals surface area contributed by atoms with Gasteiger partial charge >= 0.3 is 0 Å². The molecular formula is C7H13N3O. The van der Waals surface area contributed by atoms with E-state index in [1.807, 2.05) is 17.7 Å². The van der Waals surface area contributed by atoms with Crippen LogP contribution in [0.25, 0.3) is 0 Å². The molecule has 0 unspecified atom stereocenters. The van der Waals surface area contributed by atoms with Gasteiger partial charge in [0.25, 0.3) is 0 Å². The van der Waals surface area contributed by atoms with Crippen molar-refractivity contribution in [2.45, 2.75) is 20.0 Å². The van der Waals surface area contributed by atoms with Gasteiger partial charge in [-0.25, -0.2) is 0 Å². The number of rotatable bonds is 3. The molecule has 1 aromatic heterocycles. The SMILES string of the molecule is CCn1nccc1CN(C)O. The van der Waals surface area contributed by atoms with Crippen LogP contribution in [0.2, 0.25) is 0 Å². The Morgan fingerprint density at radius 3 is 3.00 bits per heavy atom. The Morgan fingerprint density at radius 1 is 1.73 bits per heavy atom. The maximum Gasteiger partial charge on any atom is 0.0655 e. The molecular weight excluding hydrogens is 142 g/mol. The predicted molar refractivity (Wildman–Crippen MR) is 41.2 cm³/mol. The highest BCUT2D eigenvalue weighted by atomic mass is 16.5. The second-order valence-corrected chi connectivity index (χ2v) is 2.45. The van der Waals surface area contributed by atoms with E-state index in [1.54, 1.807) is 13.2 Å². The molecule has 1 aromatic rings. The summed E-state index contributed by atoms with van der Waals surface area (Å²) in [6.45, 7) is 3.39. The van der Waals surface area contributed by atoms with Gasteiger partial charge in [-0.2, -0.15) is 10.2 Å². The fourth-order valence-corrected chi connectivity index (χ4v) is 1.01. The van der Waals surface area contributed by atoms with Crippen LogP contribution in [0.5, 0.6) is 0 Å². The van der Waals surface area contributed by atoms with Gasteiger partial charge in [-0.15, -0.1) is 0 Å². The number of hydrogen-bond acceptors (Lipinski definition) is 3. The highest BCUT2D eigenvalue weighted by Crippen LogP contribution is 2.00. The molecule has 0 aliphatic carbocycles. The normalized spacial score (nSPS) is 10.9. The van der Waals surface area contributed by atoms with Crippen molar-refractivity contribution in [2.24, 2.45) is 0 Å². The third-order valence-corrected chi connectivity index (χ3v) is 1.49. The van der Waals surface area contributed by atoms with E-state index in [2.05, 4.69) is 5.10 Å². The van der Waals surface area contributed by atoms with E-state index >= 15 is 0 Å². The molecule has 4 heteroatoms. The van der Waals surface area contributed by atoms with Crippen molar-refractivity contribution in [2.75, 3.05) is 7.05 Å². The zero-order chi connectivity index (χ0) is 8.27. The molecule has 1 rings (SSSR count). The molecule has 0 radical (unpaired) electrons. The highest BCUT2D eigenvalue weighted by Gasteiger charge is 2.01. The molecule has 62 valence electrons. The zero-order valence-corrected chi connectivity index (χ0v) is 6.86.